The van der Waals surface area contributed by atoms with E-state index in [1.807, 2.05) is 0 Å². The Bertz CT molecular complexity index is 172. The number of unbranched alkanes of at least 4 members (excludes halogenated alkanes) is 7. The minimum atomic E-state index is 0.204. The van der Waals surface area contributed by atoms with Gasteiger partial charge in [-0.1, -0.05) is 45.4 Å². The van der Waals surface area contributed by atoms with Crippen molar-refractivity contribution in [1.29, 1.82) is 0 Å². The zero-order valence-electron chi connectivity index (χ0n) is 11.5. The number of carbonyl (C=O) groups excluding carboxylic acids is 1. The normalized spacial score (nSPS) is 10.5. The summed E-state index contributed by atoms with van der Waals surface area (Å²) in [6, 6.07) is 0. The molecule has 0 saturated heterocycles. The van der Waals surface area contributed by atoms with Crippen LogP contribution in [0.15, 0.2) is 0 Å². The summed E-state index contributed by atoms with van der Waals surface area (Å²) in [6.45, 7) is 3.73. The molecular formula is C14H30N2O. The van der Waals surface area contributed by atoms with Crippen LogP contribution < -0.4 is 11.1 Å². The van der Waals surface area contributed by atoms with Gasteiger partial charge in [0, 0.05) is 13.0 Å². The summed E-state index contributed by atoms with van der Waals surface area (Å²) < 4.78 is 0. The first kappa shape index (κ1) is 16.4. The quantitative estimate of drug-likeness (QED) is 0.517. The molecule has 3 heteroatoms. The molecule has 0 aromatic heterocycles. The van der Waals surface area contributed by atoms with Crippen LogP contribution in [0.2, 0.25) is 0 Å². The van der Waals surface area contributed by atoms with E-state index in [1.54, 1.807) is 0 Å². The Balaban J connectivity index is 3.11. The van der Waals surface area contributed by atoms with Gasteiger partial charge in [-0.3, -0.25) is 4.79 Å². The van der Waals surface area contributed by atoms with Gasteiger partial charge in [-0.15, -0.1) is 0 Å². The van der Waals surface area contributed by atoms with Crippen molar-refractivity contribution in [2.75, 3.05) is 13.1 Å². The lowest BCUT2D eigenvalue weighted by molar-refractivity contribution is -0.121. The van der Waals surface area contributed by atoms with E-state index in [9.17, 15) is 4.79 Å². The van der Waals surface area contributed by atoms with Gasteiger partial charge in [0.1, 0.15) is 0 Å². The van der Waals surface area contributed by atoms with Crippen molar-refractivity contribution in [3.63, 3.8) is 0 Å². The lowest BCUT2D eigenvalue weighted by Crippen LogP contribution is -2.24. The van der Waals surface area contributed by atoms with Crippen LogP contribution in [-0.2, 0) is 4.79 Å². The van der Waals surface area contributed by atoms with Crippen molar-refractivity contribution in [3.8, 4) is 0 Å². The van der Waals surface area contributed by atoms with Crippen LogP contribution >= 0.6 is 0 Å². The molecule has 3 nitrogen and oxygen atoms in total. The van der Waals surface area contributed by atoms with Crippen molar-refractivity contribution in [3.05, 3.63) is 0 Å². The molecule has 3 N–H and O–H groups in total. The Morgan fingerprint density at radius 1 is 0.941 bits per heavy atom. The number of nitrogens with one attached hydrogen (secondary N) is 1. The largest absolute Gasteiger partial charge is 0.356 e. The Morgan fingerprint density at radius 3 is 2.24 bits per heavy atom. The fourth-order valence-corrected chi connectivity index (χ4v) is 1.83. The highest BCUT2D eigenvalue weighted by molar-refractivity contribution is 5.75. The second-order valence-electron chi connectivity index (χ2n) is 4.72. The van der Waals surface area contributed by atoms with Crippen molar-refractivity contribution in [1.82, 2.24) is 5.32 Å². The predicted octanol–water partition coefficient (Wildman–Crippen LogP) is 2.98. The molecule has 0 atom stereocenters. The second kappa shape index (κ2) is 13.5. The summed E-state index contributed by atoms with van der Waals surface area (Å²) in [5.74, 6) is 0.204. The van der Waals surface area contributed by atoms with Gasteiger partial charge in [-0.05, 0) is 25.8 Å². The molecule has 0 saturated carbocycles. The lowest BCUT2D eigenvalue weighted by atomic mass is 10.1. The van der Waals surface area contributed by atoms with Crippen LogP contribution in [0.5, 0.6) is 0 Å². The topological polar surface area (TPSA) is 55.1 Å². The van der Waals surface area contributed by atoms with Crippen molar-refractivity contribution < 1.29 is 4.79 Å². The van der Waals surface area contributed by atoms with E-state index in [0.29, 0.717) is 13.0 Å². The smallest absolute Gasteiger partial charge is 0.219 e. The van der Waals surface area contributed by atoms with Crippen molar-refractivity contribution in [2.45, 2.75) is 71.1 Å². The maximum Gasteiger partial charge on any atom is 0.219 e. The zero-order valence-corrected chi connectivity index (χ0v) is 11.5. The van der Waals surface area contributed by atoms with Crippen LogP contribution in [-0.4, -0.2) is 19.0 Å². The molecule has 0 bridgehead atoms. The minimum absolute atomic E-state index is 0.204. The molecule has 0 aromatic carbocycles. The summed E-state index contributed by atoms with van der Waals surface area (Å²) in [4.78, 5) is 11.4. The molecule has 0 aromatic rings. The molecule has 0 aliphatic heterocycles. The van der Waals surface area contributed by atoms with E-state index in [0.717, 1.165) is 25.8 Å². The summed E-state index contributed by atoms with van der Waals surface area (Å²) in [5, 5.41) is 2.93. The Hall–Kier alpha value is -0.570. The van der Waals surface area contributed by atoms with Crippen molar-refractivity contribution in [2.24, 2.45) is 5.73 Å². The second-order valence-corrected chi connectivity index (χ2v) is 4.72. The van der Waals surface area contributed by atoms with Gasteiger partial charge in [0.2, 0.25) is 5.91 Å². The Labute approximate surface area is 107 Å². The first-order chi connectivity index (χ1) is 8.31. The molecule has 0 heterocycles. The molecule has 0 rings (SSSR count). The summed E-state index contributed by atoms with van der Waals surface area (Å²) in [6.07, 6.45) is 11.5. The van der Waals surface area contributed by atoms with Gasteiger partial charge in [0.25, 0.3) is 0 Å². The number of hydrogen-bond donors (Lipinski definition) is 2. The third-order valence-corrected chi connectivity index (χ3v) is 2.96. The molecule has 102 valence electrons. The third kappa shape index (κ3) is 13.4. The highest BCUT2D eigenvalue weighted by atomic mass is 16.1. The maximum absolute atomic E-state index is 11.4. The van der Waals surface area contributed by atoms with Gasteiger partial charge < -0.3 is 11.1 Å². The molecule has 0 aliphatic carbocycles. The molecule has 17 heavy (non-hydrogen) atoms. The van der Waals surface area contributed by atoms with Gasteiger partial charge in [-0.2, -0.15) is 0 Å². The number of nitrogens with two attached hydrogens (primary N) is 1. The van der Waals surface area contributed by atoms with Gasteiger partial charge in [0.05, 0.1) is 0 Å². The zero-order chi connectivity index (χ0) is 12.8. The minimum Gasteiger partial charge on any atom is -0.356 e. The van der Waals surface area contributed by atoms with Crippen LogP contribution in [0.1, 0.15) is 71.1 Å². The summed E-state index contributed by atoms with van der Waals surface area (Å²) >= 11 is 0. The van der Waals surface area contributed by atoms with E-state index >= 15 is 0 Å². The van der Waals surface area contributed by atoms with Gasteiger partial charge in [-0.25, -0.2) is 0 Å². The third-order valence-electron chi connectivity index (χ3n) is 2.96. The molecule has 0 aliphatic rings. The first-order valence-electron chi connectivity index (χ1n) is 7.28. The lowest BCUT2D eigenvalue weighted by Gasteiger charge is -2.04. The number of hydrogen-bond acceptors (Lipinski definition) is 2. The fraction of sp³-hybridized carbons (Fsp3) is 0.929. The van der Waals surface area contributed by atoms with Gasteiger partial charge >= 0.3 is 0 Å². The van der Waals surface area contributed by atoms with E-state index in [4.69, 9.17) is 5.73 Å². The first-order valence-corrected chi connectivity index (χ1v) is 7.28. The highest BCUT2D eigenvalue weighted by Gasteiger charge is 1.99. The molecule has 1 amide bonds. The van der Waals surface area contributed by atoms with E-state index in [1.165, 1.54) is 38.5 Å². The van der Waals surface area contributed by atoms with Crippen LogP contribution in [0, 0.1) is 0 Å². The van der Waals surface area contributed by atoms with Crippen LogP contribution in [0.4, 0.5) is 0 Å². The predicted molar refractivity (Wildman–Crippen MR) is 73.9 cm³/mol. The van der Waals surface area contributed by atoms with E-state index in [-0.39, 0.29) is 5.91 Å². The highest BCUT2D eigenvalue weighted by Crippen LogP contribution is 2.08. The average Bonchev–Trinajstić information content (AvgIpc) is 2.33. The standard InChI is InChI=1S/C14H30N2O/c1-2-3-4-5-6-7-8-11-14(17)16-13-10-9-12-15/h2-13,15H2,1H3,(H,16,17). The fourth-order valence-electron chi connectivity index (χ4n) is 1.83. The Kier molecular flexibility index (Phi) is 13.0. The number of amides is 1. The van der Waals surface area contributed by atoms with Crippen molar-refractivity contribution >= 4 is 5.91 Å². The number of rotatable bonds is 12. The summed E-state index contributed by atoms with van der Waals surface area (Å²) in [7, 11) is 0. The Morgan fingerprint density at radius 2 is 1.59 bits per heavy atom. The van der Waals surface area contributed by atoms with Gasteiger partial charge in [0.15, 0.2) is 0 Å². The summed E-state index contributed by atoms with van der Waals surface area (Å²) in [5.41, 5.74) is 5.38. The molecule has 0 radical (unpaired) electrons. The number of carbonyl (C=O) groups is 1. The van der Waals surface area contributed by atoms with E-state index in [2.05, 4.69) is 12.2 Å². The van der Waals surface area contributed by atoms with Crippen LogP contribution in [0.25, 0.3) is 0 Å². The average molecular weight is 242 g/mol. The van der Waals surface area contributed by atoms with E-state index < -0.39 is 0 Å². The SMILES string of the molecule is CCCCCCCCCC(=O)NCCCCN. The molecule has 0 spiro atoms. The monoisotopic (exact) mass is 242 g/mol. The molecule has 0 unspecified atom stereocenters. The maximum atomic E-state index is 11.4. The van der Waals surface area contributed by atoms with Crippen LogP contribution in [0.3, 0.4) is 0 Å². The molecular weight excluding hydrogens is 212 g/mol. The molecule has 0 fully saturated rings.